The lowest BCUT2D eigenvalue weighted by molar-refractivity contribution is -0.114. The molecule has 2 aromatic rings. The molecule has 1 heterocycles. The monoisotopic (exact) mass is 312 g/mol. The van der Waals surface area contributed by atoms with Crippen molar-refractivity contribution in [1.82, 2.24) is 4.98 Å². The quantitative estimate of drug-likeness (QED) is 0.851. The second-order valence-electron chi connectivity index (χ2n) is 5.18. The van der Waals surface area contributed by atoms with Gasteiger partial charge in [-0.3, -0.25) is 14.6 Å². The lowest BCUT2D eigenvalue weighted by Gasteiger charge is -2.19. The van der Waals surface area contributed by atoms with Crippen LogP contribution in [0.4, 0.5) is 11.4 Å². The molecule has 6 nitrogen and oxygen atoms in total. The maximum absolute atomic E-state index is 12.2. The number of hydrogen-bond acceptors (Lipinski definition) is 4. The second kappa shape index (κ2) is 7.40. The zero-order valence-corrected chi connectivity index (χ0v) is 13.2. The summed E-state index contributed by atoms with van der Waals surface area (Å²) in [5, 5.41) is 2.91. The SMILES string of the molecule is CCc1ccccc1NC(=O)CN(C)c1ccnc(C(N)=O)c1. The van der Waals surface area contributed by atoms with Gasteiger partial charge in [-0.25, -0.2) is 0 Å². The normalized spacial score (nSPS) is 10.2. The minimum atomic E-state index is -0.596. The Balaban J connectivity index is 2.05. The first-order valence-electron chi connectivity index (χ1n) is 7.36. The number of carbonyl (C=O) groups is 2. The summed E-state index contributed by atoms with van der Waals surface area (Å²) in [5.74, 6) is -0.729. The lowest BCUT2D eigenvalue weighted by atomic mass is 10.1. The van der Waals surface area contributed by atoms with Crippen LogP contribution in [0, 0.1) is 0 Å². The maximum Gasteiger partial charge on any atom is 0.267 e. The molecule has 3 N–H and O–H groups in total. The number of nitrogens with one attached hydrogen (secondary N) is 1. The van der Waals surface area contributed by atoms with Gasteiger partial charge in [-0.1, -0.05) is 25.1 Å². The van der Waals surface area contributed by atoms with Crippen molar-refractivity contribution >= 4 is 23.2 Å². The van der Waals surface area contributed by atoms with Crippen molar-refractivity contribution in [3.05, 3.63) is 53.9 Å². The van der Waals surface area contributed by atoms with Crippen molar-refractivity contribution < 1.29 is 9.59 Å². The molecule has 1 aromatic carbocycles. The van der Waals surface area contributed by atoms with Gasteiger partial charge >= 0.3 is 0 Å². The summed E-state index contributed by atoms with van der Waals surface area (Å²) in [6, 6.07) is 11.0. The molecule has 2 amide bonds. The van der Waals surface area contributed by atoms with E-state index in [4.69, 9.17) is 5.73 Å². The van der Waals surface area contributed by atoms with Gasteiger partial charge in [-0.2, -0.15) is 0 Å². The summed E-state index contributed by atoms with van der Waals surface area (Å²) >= 11 is 0. The Morgan fingerprint density at radius 1 is 1.26 bits per heavy atom. The number of primary amides is 1. The van der Waals surface area contributed by atoms with Gasteiger partial charge in [0.15, 0.2) is 0 Å². The number of aromatic nitrogens is 1. The standard InChI is InChI=1S/C17H20N4O2/c1-3-12-6-4-5-7-14(12)20-16(22)11-21(2)13-8-9-19-15(10-13)17(18)23/h4-10H,3,11H2,1-2H3,(H2,18,23)(H,20,22). The number of likely N-dealkylation sites (N-methyl/N-ethyl adjacent to an activating group) is 1. The average Bonchev–Trinajstić information content (AvgIpc) is 2.55. The molecule has 0 aliphatic heterocycles. The summed E-state index contributed by atoms with van der Waals surface area (Å²) in [6.07, 6.45) is 2.34. The van der Waals surface area contributed by atoms with Gasteiger partial charge in [0, 0.05) is 24.6 Å². The summed E-state index contributed by atoms with van der Waals surface area (Å²) in [5.41, 5.74) is 8.00. The largest absolute Gasteiger partial charge is 0.365 e. The Labute approximate surface area is 135 Å². The molecular formula is C17H20N4O2. The zero-order valence-electron chi connectivity index (χ0n) is 13.2. The van der Waals surface area contributed by atoms with Crippen LogP contribution >= 0.6 is 0 Å². The van der Waals surface area contributed by atoms with Crippen molar-refractivity contribution in [1.29, 1.82) is 0 Å². The number of carbonyl (C=O) groups excluding carboxylic acids is 2. The predicted octanol–water partition coefficient (Wildman–Crippen LogP) is 1.82. The maximum atomic E-state index is 12.2. The molecule has 0 unspecified atom stereocenters. The third kappa shape index (κ3) is 4.29. The fourth-order valence-corrected chi connectivity index (χ4v) is 2.24. The average molecular weight is 312 g/mol. The van der Waals surface area contributed by atoms with Gasteiger partial charge in [0.05, 0.1) is 6.54 Å². The van der Waals surface area contributed by atoms with E-state index in [-0.39, 0.29) is 18.1 Å². The van der Waals surface area contributed by atoms with E-state index in [9.17, 15) is 9.59 Å². The molecule has 0 fully saturated rings. The Morgan fingerprint density at radius 2 is 2.00 bits per heavy atom. The third-order valence-electron chi connectivity index (χ3n) is 3.49. The molecule has 120 valence electrons. The number of para-hydroxylation sites is 1. The van der Waals surface area contributed by atoms with Crippen LogP contribution in [-0.4, -0.2) is 30.4 Å². The number of hydrogen-bond donors (Lipinski definition) is 2. The molecule has 2 rings (SSSR count). The number of benzene rings is 1. The van der Waals surface area contributed by atoms with E-state index >= 15 is 0 Å². The summed E-state index contributed by atoms with van der Waals surface area (Å²) in [6.45, 7) is 2.19. The molecule has 0 spiro atoms. The first-order chi connectivity index (χ1) is 11.0. The zero-order chi connectivity index (χ0) is 16.8. The van der Waals surface area contributed by atoms with Gasteiger partial charge < -0.3 is 16.0 Å². The molecule has 6 heteroatoms. The number of rotatable bonds is 6. The third-order valence-corrected chi connectivity index (χ3v) is 3.49. The Hall–Kier alpha value is -2.89. The number of amides is 2. The molecule has 23 heavy (non-hydrogen) atoms. The van der Waals surface area contributed by atoms with E-state index in [1.54, 1.807) is 24.1 Å². The number of aryl methyl sites for hydroxylation is 1. The Morgan fingerprint density at radius 3 is 2.70 bits per heavy atom. The number of anilines is 2. The van der Waals surface area contributed by atoms with Crippen LogP contribution in [0.1, 0.15) is 23.0 Å². The highest BCUT2D eigenvalue weighted by atomic mass is 16.2. The first-order valence-corrected chi connectivity index (χ1v) is 7.36. The van der Waals surface area contributed by atoms with E-state index in [1.165, 1.54) is 6.20 Å². The van der Waals surface area contributed by atoms with Crippen LogP contribution in [0.3, 0.4) is 0 Å². The minimum absolute atomic E-state index is 0.133. The molecule has 0 radical (unpaired) electrons. The summed E-state index contributed by atoms with van der Waals surface area (Å²) in [7, 11) is 1.77. The molecular weight excluding hydrogens is 292 g/mol. The van der Waals surface area contributed by atoms with Crippen LogP contribution in [0.2, 0.25) is 0 Å². The van der Waals surface area contributed by atoms with E-state index in [2.05, 4.69) is 10.3 Å². The summed E-state index contributed by atoms with van der Waals surface area (Å²) < 4.78 is 0. The van der Waals surface area contributed by atoms with Crippen molar-refractivity contribution in [2.45, 2.75) is 13.3 Å². The smallest absolute Gasteiger partial charge is 0.267 e. The predicted molar refractivity (Wildman–Crippen MR) is 90.5 cm³/mol. The van der Waals surface area contributed by atoms with Gasteiger partial charge in [0.1, 0.15) is 5.69 Å². The van der Waals surface area contributed by atoms with E-state index in [0.29, 0.717) is 5.69 Å². The van der Waals surface area contributed by atoms with Crippen LogP contribution in [0.15, 0.2) is 42.6 Å². The highest BCUT2D eigenvalue weighted by Gasteiger charge is 2.11. The number of nitrogens with two attached hydrogens (primary N) is 1. The topological polar surface area (TPSA) is 88.3 Å². The van der Waals surface area contributed by atoms with Crippen LogP contribution in [0.5, 0.6) is 0 Å². The second-order valence-corrected chi connectivity index (χ2v) is 5.18. The Kier molecular flexibility index (Phi) is 5.30. The van der Waals surface area contributed by atoms with E-state index < -0.39 is 5.91 Å². The van der Waals surface area contributed by atoms with E-state index in [0.717, 1.165) is 17.7 Å². The fraction of sp³-hybridized carbons (Fsp3) is 0.235. The van der Waals surface area contributed by atoms with Crippen LogP contribution in [-0.2, 0) is 11.2 Å². The number of nitrogens with zero attached hydrogens (tertiary/aromatic N) is 2. The van der Waals surface area contributed by atoms with Crippen molar-refractivity contribution in [2.24, 2.45) is 5.73 Å². The molecule has 0 aliphatic rings. The molecule has 0 saturated carbocycles. The molecule has 0 aliphatic carbocycles. The van der Waals surface area contributed by atoms with Crippen molar-refractivity contribution in [2.75, 3.05) is 23.8 Å². The molecule has 1 aromatic heterocycles. The highest BCUT2D eigenvalue weighted by Crippen LogP contribution is 2.16. The van der Waals surface area contributed by atoms with Gasteiger partial charge in [-0.15, -0.1) is 0 Å². The molecule has 0 bridgehead atoms. The van der Waals surface area contributed by atoms with Gasteiger partial charge in [0.2, 0.25) is 5.91 Å². The minimum Gasteiger partial charge on any atom is -0.365 e. The lowest BCUT2D eigenvalue weighted by Crippen LogP contribution is -2.30. The van der Waals surface area contributed by atoms with Crippen molar-refractivity contribution in [3.8, 4) is 0 Å². The number of pyridine rings is 1. The molecule has 0 atom stereocenters. The highest BCUT2D eigenvalue weighted by molar-refractivity contribution is 5.95. The molecule has 0 saturated heterocycles. The van der Waals surface area contributed by atoms with Crippen LogP contribution in [0.25, 0.3) is 0 Å². The Bertz CT molecular complexity index is 715. The fourth-order valence-electron chi connectivity index (χ4n) is 2.24. The van der Waals surface area contributed by atoms with Crippen LogP contribution < -0.4 is 16.0 Å². The van der Waals surface area contributed by atoms with Gasteiger partial charge in [-0.05, 0) is 30.2 Å². The van der Waals surface area contributed by atoms with E-state index in [1.807, 2.05) is 31.2 Å². The summed E-state index contributed by atoms with van der Waals surface area (Å²) in [4.78, 5) is 29.0. The van der Waals surface area contributed by atoms with Crippen molar-refractivity contribution in [3.63, 3.8) is 0 Å². The first kappa shape index (κ1) is 16.5. The van der Waals surface area contributed by atoms with Gasteiger partial charge in [0.25, 0.3) is 5.91 Å².